The van der Waals surface area contributed by atoms with Gasteiger partial charge in [0.15, 0.2) is 23.1 Å². The highest BCUT2D eigenvalue weighted by molar-refractivity contribution is 6.29. The zero-order valence-corrected chi connectivity index (χ0v) is 17.8. The van der Waals surface area contributed by atoms with E-state index in [1.165, 1.54) is 12.8 Å². The topological polar surface area (TPSA) is 122 Å². The summed E-state index contributed by atoms with van der Waals surface area (Å²) in [5.74, 6) is 3.70. The van der Waals surface area contributed by atoms with Crippen LogP contribution in [0.25, 0.3) is 11.5 Å². The third-order valence-electron chi connectivity index (χ3n) is 5.72. The molecular weight excluding hydrogens is 430 g/mol. The molecule has 0 aromatic carbocycles. The SMILES string of the molecule is Clc1cc(Nc2cc(C3CC3)[nH]n2)nc(N2CCCC2c2cc(-c3ncccn3)no2)n1. The van der Waals surface area contributed by atoms with Gasteiger partial charge in [-0.25, -0.2) is 15.0 Å². The molecule has 1 saturated heterocycles. The van der Waals surface area contributed by atoms with E-state index in [2.05, 4.69) is 40.5 Å². The fourth-order valence-electron chi connectivity index (χ4n) is 4.02. The van der Waals surface area contributed by atoms with Crippen molar-refractivity contribution in [1.82, 2.24) is 35.3 Å². The first kappa shape index (κ1) is 19.2. The Hall–Kier alpha value is -3.53. The van der Waals surface area contributed by atoms with Gasteiger partial charge in [-0.05, 0) is 31.7 Å². The highest BCUT2D eigenvalue weighted by Crippen LogP contribution is 2.40. The van der Waals surface area contributed by atoms with Crippen molar-refractivity contribution >= 4 is 29.2 Å². The summed E-state index contributed by atoms with van der Waals surface area (Å²) < 4.78 is 5.65. The monoisotopic (exact) mass is 449 g/mol. The van der Waals surface area contributed by atoms with Crippen LogP contribution in [-0.4, -0.2) is 41.8 Å². The molecule has 2 N–H and O–H groups in total. The molecule has 2 aliphatic rings. The molecule has 1 aliphatic heterocycles. The Morgan fingerprint density at radius 2 is 1.94 bits per heavy atom. The maximum atomic E-state index is 6.34. The van der Waals surface area contributed by atoms with Crippen molar-refractivity contribution in [3.05, 3.63) is 53.3 Å². The van der Waals surface area contributed by atoms with Crippen molar-refractivity contribution < 1.29 is 4.52 Å². The fourth-order valence-corrected chi connectivity index (χ4v) is 4.20. The van der Waals surface area contributed by atoms with Crippen LogP contribution in [-0.2, 0) is 0 Å². The van der Waals surface area contributed by atoms with Crippen LogP contribution in [0.2, 0.25) is 5.15 Å². The second-order valence-corrected chi connectivity index (χ2v) is 8.41. The largest absolute Gasteiger partial charge is 0.358 e. The Kier molecular flexibility index (Phi) is 4.71. The average molecular weight is 450 g/mol. The molecule has 162 valence electrons. The van der Waals surface area contributed by atoms with Gasteiger partial charge in [0.05, 0.1) is 6.04 Å². The summed E-state index contributed by atoms with van der Waals surface area (Å²) in [5.41, 5.74) is 1.75. The van der Waals surface area contributed by atoms with Crippen molar-refractivity contribution in [2.45, 2.75) is 37.6 Å². The first-order chi connectivity index (χ1) is 15.7. The average Bonchev–Trinajstić information content (AvgIpc) is 3.20. The molecule has 1 unspecified atom stereocenters. The quantitative estimate of drug-likeness (QED) is 0.415. The summed E-state index contributed by atoms with van der Waals surface area (Å²) in [4.78, 5) is 19.7. The second-order valence-electron chi connectivity index (χ2n) is 8.02. The predicted molar refractivity (Wildman–Crippen MR) is 118 cm³/mol. The molecule has 0 spiro atoms. The van der Waals surface area contributed by atoms with Gasteiger partial charge < -0.3 is 14.7 Å². The van der Waals surface area contributed by atoms with E-state index in [0.717, 1.165) is 30.8 Å². The smallest absolute Gasteiger partial charge is 0.229 e. The molecule has 1 aliphatic carbocycles. The number of nitrogens with zero attached hydrogens (tertiary/aromatic N) is 7. The zero-order valence-electron chi connectivity index (χ0n) is 17.1. The maximum Gasteiger partial charge on any atom is 0.229 e. The zero-order chi connectivity index (χ0) is 21.5. The first-order valence-corrected chi connectivity index (χ1v) is 11.0. The van der Waals surface area contributed by atoms with Crippen LogP contribution in [0.5, 0.6) is 0 Å². The highest BCUT2D eigenvalue weighted by atomic mass is 35.5. The summed E-state index contributed by atoms with van der Waals surface area (Å²) in [6.07, 6.45) is 7.65. The molecule has 5 heterocycles. The molecule has 32 heavy (non-hydrogen) atoms. The second kappa shape index (κ2) is 7.86. The fraction of sp³-hybridized carbons (Fsp3) is 0.333. The van der Waals surface area contributed by atoms with Crippen molar-refractivity contribution in [2.75, 3.05) is 16.8 Å². The normalized spacial score (nSPS) is 18.3. The lowest BCUT2D eigenvalue weighted by molar-refractivity contribution is 0.362. The summed E-state index contributed by atoms with van der Waals surface area (Å²) in [6.45, 7) is 0.788. The molecule has 0 bridgehead atoms. The molecule has 2 fully saturated rings. The van der Waals surface area contributed by atoms with Gasteiger partial charge in [-0.15, -0.1) is 0 Å². The van der Waals surface area contributed by atoms with Gasteiger partial charge in [-0.3, -0.25) is 5.10 Å². The van der Waals surface area contributed by atoms with E-state index in [4.69, 9.17) is 21.1 Å². The highest BCUT2D eigenvalue weighted by Gasteiger charge is 2.32. The van der Waals surface area contributed by atoms with E-state index in [1.54, 1.807) is 24.5 Å². The summed E-state index contributed by atoms with van der Waals surface area (Å²) in [6, 6.07) is 7.32. The predicted octanol–water partition coefficient (Wildman–Crippen LogP) is 4.26. The van der Waals surface area contributed by atoms with Crippen LogP contribution >= 0.6 is 11.6 Å². The number of nitrogens with one attached hydrogen (secondary N) is 2. The molecule has 4 aromatic heterocycles. The van der Waals surface area contributed by atoms with Gasteiger partial charge in [0, 0.05) is 48.7 Å². The van der Waals surface area contributed by atoms with Gasteiger partial charge >= 0.3 is 0 Å². The molecule has 1 saturated carbocycles. The molecule has 11 heteroatoms. The molecule has 0 amide bonds. The van der Waals surface area contributed by atoms with Crippen LogP contribution in [0.1, 0.15) is 49.1 Å². The Labute approximate surface area is 188 Å². The standard InChI is InChI=1S/C21H20ClN9O/c22-17-11-18(26-19-10-13(28-29-19)12-4-5-12)27-21(25-17)31-8-1-3-15(31)16-9-14(30-32-16)20-23-6-2-7-24-20/h2,6-7,9-12,15H,1,3-5,8H2,(H2,25,26,27,28,29). The van der Waals surface area contributed by atoms with Crippen molar-refractivity contribution in [2.24, 2.45) is 0 Å². The maximum absolute atomic E-state index is 6.34. The molecular formula is C21H20ClN9O. The summed E-state index contributed by atoms with van der Waals surface area (Å²) in [7, 11) is 0. The van der Waals surface area contributed by atoms with E-state index in [1.807, 2.05) is 12.1 Å². The summed E-state index contributed by atoms with van der Waals surface area (Å²) >= 11 is 6.34. The van der Waals surface area contributed by atoms with Crippen LogP contribution in [0.4, 0.5) is 17.6 Å². The van der Waals surface area contributed by atoms with E-state index < -0.39 is 0 Å². The van der Waals surface area contributed by atoms with Gasteiger partial charge in [0.25, 0.3) is 0 Å². The van der Waals surface area contributed by atoms with Crippen molar-refractivity contribution in [1.29, 1.82) is 0 Å². The van der Waals surface area contributed by atoms with E-state index in [0.29, 0.717) is 40.2 Å². The van der Waals surface area contributed by atoms with E-state index >= 15 is 0 Å². The Morgan fingerprint density at radius 1 is 1.06 bits per heavy atom. The minimum Gasteiger partial charge on any atom is -0.358 e. The number of rotatable bonds is 6. The number of hydrogen-bond acceptors (Lipinski definition) is 9. The van der Waals surface area contributed by atoms with Gasteiger partial charge in [0.2, 0.25) is 5.95 Å². The minimum absolute atomic E-state index is 0.0434. The van der Waals surface area contributed by atoms with Gasteiger partial charge in [-0.2, -0.15) is 10.1 Å². The number of halogens is 1. The van der Waals surface area contributed by atoms with Crippen molar-refractivity contribution in [3.63, 3.8) is 0 Å². The Morgan fingerprint density at radius 3 is 2.78 bits per heavy atom. The molecule has 4 aromatic rings. The van der Waals surface area contributed by atoms with Gasteiger partial charge in [0.1, 0.15) is 11.0 Å². The van der Waals surface area contributed by atoms with Crippen LogP contribution in [0.15, 0.2) is 41.2 Å². The lowest BCUT2D eigenvalue weighted by Crippen LogP contribution is -2.24. The molecule has 6 rings (SSSR count). The van der Waals surface area contributed by atoms with E-state index in [-0.39, 0.29) is 6.04 Å². The van der Waals surface area contributed by atoms with Crippen LogP contribution in [0, 0.1) is 0 Å². The Bertz CT molecular complexity index is 1240. The number of hydrogen-bond donors (Lipinski definition) is 2. The van der Waals surface area contributed by atoms with E-state index in [9.17, 15) is 0 Å². The number of anilines is 3. The Balaban J connectivity index is 1.25. The third kappa shape index (κ3) is 3.77. The summed E-state index contributed by atoms with van der Waals surface area (Å²) in [5, 5.41) is 15.2. The van der Waals surface area contributed by atoms with Crippen LogP contribution in [0.3, 0.4) is 0 Å². The number of aromatic amines is 1. The molecule has 10 nitrogen and oxygen atoms in total. The number of H-pyrrole nitrogens is 1. The molecule has 0 radical (unpaired) electrons. The minimum atomic E-state index is -0.0434. The lowest BCUT2D eigenvalue weighted by atomic mass is 10.1. The third-order valence-corrected chi connectivity index (χ3v) is 5.91. The van der Waals surface area contributed by atoms with Crippen LogP contribution < -0.4 is 10.2 Å². The van der Waals surface area contributed by atoms with Crippen molar-refractivity contribution in [3.8, 4) is 11.5 Å². The number of aromatic nitrogens is 7. The van der Waals surface area contributed by atoms with Gasteiger partial charge in [-0.1, -0.05) is 16.8 Å². The lowest BCUT2D eigenvalue weighted by Gasteiger charge is -2.23. The first-order valence-electron chi connectivity index (χ1n) is 10.6. The molecule has 1 atom stereocenters.